The van der Waals surface area contributed by atoms with Crippen LogP contribution < -0.4 is 0 Å². The van der Waals surface area contributed by atoms with Crippen LogP contribution in [0.15, 0.2) is 0 Å². The molecule has 0 bridgehead atoms. The summed E-state index contributed by atoms with van der Waals surface area (Å²) in [7, 11) is 0. The molecular weight excluding hydrogens is 159 g/mol. The molecule has 0 aromatic carbocycles. The molecule has 1 aliphatic rings. The molecule has 1 fully saturated rings. The Hall–Kier alpha value is 0.540. The highest BCUT2D eigenvalue weighted by Gasteiger charge is 2.70. The minimum absolute atomic E-state index is 0.0706. The molecule has 1 aliphatic carbocycles. The van der Waals surface area contributed by atoms with Gasteiger partial charge in [0, 0.05) is 11.3 Å². The van der Waals surface area contributed by atoms with E-state index >= 15 is 0 Å². The van der Waals surface area contributed by atoms with Crippen LogP contribution in [0, 0.1) is 11.3 Å². The van der Waals surface area contributed by atoms with Crippen molar-refractivity contribution in [3.63, 3.8) is 0 Å². The van der Waals surface area contributed by atoms with Crippen LogP contribution >= 0.6 is 23.2 Å². The lowest BCUT2D eigenvalue weighted by molar-refractivity contribution is 0.213. The summed E-state index contributed by atoms with van der Waals surface area (Å²) in [6, 6.07) is 0. The predicted octanol–water partition coefficient (Wildman–Crippen LogP) is 1.81. The van der Waals surface area contributed by atoms with Gasteiger partial charge in [-0.1, -0.05) is 13.8 Å². The lowest BCUT2D eigenvalue weighted by atomic mass is 10.1. The summed E-state index contributed by atoms with van der Waals surface area (Å²) in [5.74, 6) is 0.207. The summed E-state index contributed by atoms with van der Waals surface area (Å²) in [4.78, 5) is 0. The van der Waals surface area contributed by atoms with Crippen LogP contribution in [-0.2, 0) is 0 Å². The molecule has 3 heteroatoms. The zero-order valence-corrected chi connectivity index (χ0v) is 7.00. The Morgan fingerprint density at radius 2 is 1.89 bits per heavy atom. The molecule has 54 valence electrons. The summed E-state index contributed by atoms with van der Waals surface area (Å²) in [6.45, 7) is 3.90. The first kappa shape index (κ1) is 7.64. The van der Waals surface area contributed by atoms with Crippen molar-refractivity contribution < 1.29 is 5.11 Å². The van der Waals surface area contributed by atoms with Crippen LogP contribution in [0.25, 0.3) is 0 Å². The largest absolute Gasteiger partial charge is 0.396 e. The fourth-order valence-corrected chi connectivity index (χ4v) is 1.86. The number of rotatable bonds is 1. The molecule has 0 radical (unpaired) electrons. The van der Waals surface area contributed by atoms with Gasteiger partial charge in [0.1, 0.15) is 4.33 Å². The van der Waals surface area contributed by atoms with Crippen LogP contribution in [-0.4, -0.2) is 16.0 Å². The van der Waals surface area contributed by atoms with Crippen molar-refractivity contribution >= 4 is 23.2 Å². The Kier molecular flexibility index (Phi) is 1.51. The molecule has 9 heavy (non-hydrogen) atoms. The van der Waals surface area contributed by atoms with Crippen LogP contribution in [0.5, 0.6) is 0 Å². The third kappa shape index (κ3) is 0.719. The normalized spacial score (nSPS) is 47.0. The van der Waals surface area contributed by atoms with Gasteiger partial charge in [-0.3, -0.25) is 0 Å². The second-order valence-electron chi connectivity index (χ2n) is 2.92. The van der Waals surface area contributed by atoms with Crippen molar-refractivity contribution in [1.82, 2.24) is 0 Å². The number of hydrogen-bond donors (Lipinski definition) is 1. The number of aliphatic hydroxyl groups is 1. The first-order valence-electron chi connectivity index (χ1n) is 2.95. The number of aliphatic hydroxyl groups excluding tert-OH is 1. The molecule has 0 amide bonds. The fraction of sp³-hybridized carbons (Fsp3) is 1.00. The molecule has 0 aromatic rings. The SMILES string of the molecule is C[C@@H]1C(Cl)(Cl)[C@]1(C)CO. The third-order valence-corrected chi connectivity index (χ3v) is 4.02. The average molecular weight is 169 g/mol. The highest BCUT2D eigenvalue weighted by molar-refractivity contribution is 6.51. The number of alkyl halides is 2. The first-order chi connectivity index (χ1) is 3.97. The Morgan fingerprint density at radius 3 is 1.89 bits per heavy atom. The monoisotopic (exact) mass is 168 g/mol. The van der Waals surface area contributed by atoms with Gasteiger partial charge in [-0.2, -0.15) is 0 Å². The van der Waals surface area contributed by atoms with E-state index in [1.54, 1.807) is 0 Å². The lowest BCUT2D eigenvalue weighted by Gasteiger charge is -2.04. The van der Waals surface area contributed by atoms with E-state index in [1.807, 2.05) is 13.8 Å². The summed E-state index contributed by atoms with van der Waals surface area (Å²) in [5, 5.41) is 8.80. The Labute approximate surface area is 65.0 Å². The molecule has 0 aromatic heterocycles. The maximum absolute atomic E-state index is 8.80. The van der Waals surface area contributed by atoms with Crippen molar-refractivity contribution in [1.29, 1.82) is 0 Å². The summed E-state index contributed by atoms with van der Waals surface area (Å²) >= 11 is 11.6. The Balaban J connectivity index is 2.70. The molecule has 1 nitrogen and oxygen atoms in total. The molecule has 0 spiro atoms. The van der Waals surface area contributed by atoms with Crippen molar-refractivity contribution in [2.75, 3.05) is 6.61 Å². The molecule has 0 aliphatic heterocycles. The van der Waals surface area contributed by atoms with E-state index in [-0.39, 0.29) is 17.9 Å². The molecule has 1 saturated carbocycles. The molecule has 0 saturated heterocycles. The van der Waals surface area contributed by atoms with E-state index in [0.29, 0.717) is 0 Å². The van der Waals surface area contributed by atoms with E-state index in [0.717, 1.165) is 0 Å². The van der Waals surface area contributed by atoms with Crippen molar-refractivity contribution in [2.45, 2.75) is 18.2 Å². The molecule has 0 unspecified atom stereocenters. The van der Waals surface area contributed by atoms with Crippen LogP contribution in [0.1, 0.15) is 13.8 Å². The molecule has 0 heterocycles. The van der Waals surface area contributed by atoms with Crippen LogP contribution in [0.4, 0.5) is 0 Å². The highest BCUT2D eigenvalue weighted by atomic mass is 35.5. The maximum Gasteiger partial charge on any atom is 0.129 e. The van der Waals surface area contributed by atoms with Gasteiger partial charge in [-0.25, -0.2) is 0 Å². The van der Waals surface area contributed by atoms with E-state index in [9.17, 15) is 0 Å². The van der Waals surface area contributed by atoms with E-state index in [4.69, 9.17) is 28.3 Å². The van der Waals surface area contributed by atoms with E-state index in [1.165, 1.54) is 0 Å². The second kappa shape index (κ2) is 1.77. The highest BCUT2D eigenvalue weighted by Crippen LogP contribution is 2.68. The molecule has 1 rings (SSSR count). The fourth-order valence-electron chi connectivity index (χ4n) is 1.05. The van der Waals surface area contributed by atoms with Gasteiger partial charge >= 0.3 is 0 Å². The zero-order chi connectivity index (χ0) is 7.28. The minimum Gasteiger partial charge on any atom is -0.396 e. The summed E-state index contributed by atoms with van der Waals surface area (Å²) in [6.07, 6.45) is 0. The number of hydrogen-bond acceptors (Lipinski definition) is 1. The standard InChI is InChI=1S/C6H10Cl2O/c1-4-5(2,3-9)6(4,7)8/h4,9H,3H2,1-2H3/t4-,5+/m0/s1. The van der Waals surface area contributed by atoms with Gasteiger partial charge in [0.05, 0.1) is 6.61 Å². The van der Waals surface area contributed by atoms with Gasteiger partial charge in [0.25, 0.3) is 0 Å². The smallest absolute Gasteiger partial charge is 0.129 e. The number of halogens is 2. The van der Waals surface area contributed by atoms with Gasteiger partial charge < -0.3 is 5.11 Å². The average Bonchev–Trinajstić information content (AvgIpc) is 2.16. The van der Waals surface area contributed by atoms with E-state index in [2.05, 4.69) is 0 Å². The third-order valence-electron chi connectivity index (χ3n) is 2.51. The van der Waals surface area contributed by atoms with Gasteiger partial charge in [0.2, 0.25) is 0 Å². The summed E-state index contributed by atoms with van der Waals surface area (Å²) in [5.41, 5.74) is -0.268. The predicted molar refractivity (Wildman–Crippen MR) is 38.8 cm³/mol. The quantitative estimate of drug-likeness (QED) is 0.593. The molecule has 1 N–H and O–H groups in total. The zero-order valence-electron chi connectivity index (χ0n) is 5.49. The first-order valence-corrected chi connectivity index (χ1v) is 3.71. The van der Waals surface area contributed by atoms with Crippen molar-refractivity contribution in [3.05, 3.63) is 0 Å². The summed E-state index contributed by atoms with van der Waals surface area (Å²) < 4.78 is -0.693. The second-order valence-corrected chi connectivity index (χ2v) is 4.31. The van der Waals surface area contributed by atoms with Crippen LogP contribution in [0.3, 0.4) is 0 Å². The van der Waals surface area contributed by atoms with Crippen LogP contribution in [0.2, 0.25) is 0 Å². The Morgan fingerprint density at radius 1 is 1.56 bits per heavy atom. The maximum atomic E-state index is 8.80. The van der Waals surface area contributed by atoms with Crippen molar-refractivity contribution in [2.24, 2.45) is 11.3 Å². The lowest BCUT2D eigenvalue weighted by Crippen LogP contribution is -2.09. The van der Waals surface area contributed by atoms with Gasteiger partial charge in [-0.15, -0.1) is 23.2 Å². The van der Waals surface area contributed by atoms with Crippen molar-refractivity contribution in [3.8, 4) is 0 Å². The minimum atomic E-state index is -0.693. The van der Waals surface area contributed by atoms with Gasteiger partial charge in [-0.05, 0) is 0 Å². The Bertz CT molecular complexity index is 135. The van der Waals surface area contributed by atoms with E-state index < -0.39 is 4.33 Å². The topological polar surface area (TPSA) is 20.2 Å². The van der Waals surface area contributed by atoms with Gasteiger partial charge in [0.15, 0.2) is 0 Å². The molecule has 2 atom stereocenters. The molecular formula is C6H10Cl2O.